The molecule has 0 spiro atoms. The van der Waals surface area contributed by atoms with Gasteiger partial charge in [0.15, 0.2) is 0 Å². The summed E-state index contributed by atoms with van der Waals surface area (Å²) in [6, 6.07) is 14.6. The molecule has 0 amide bonds. The number of anilines is 1. The van der Waals surface area contributed by atoms with Gasteiger partial charge in [-0.2, -0.15) is 0 Å². The summed E-state index contributed by atoms with van der Waals surface area (Å²) in [7, 11) is -3.69. The lowest BCUT2D eigenvalue weighted by Crippen LogP contribution is -2.12. The van der Waals surface area contributed by atoms with Crippen molar-refractivity contribution in [1.29, 1.82) is 0 Å². The Morgan fingerprint density at radius 3 is 2.46 bits per heavy atom. The molecule has 5 nitrogen and oxygen atoms in total. The van der Waals surface area contributed by atoms with E-state index < -0.39 is 10.0 Å². The van der Waals surface area contributed by atoms with Crippen molar-refractivity contribution in [3.63, 3.8) is 0 Å². The van der Waals surface area contributed by atoms with Crippen LogP contribution in [0.25, 0.3) is 0 Å². The first kappa shape index (κ1) is 18.4. The van der Waals surface area contributed by atoms with Crippen molar-refractivity contribution in [3.05, 3.63) is 82.6 Å². The Hall–Kier alpha value is -2.41. The van der Waals surface area contributed by atoms with Crippen LogP contribution in [-0.2, 0) is 10.0 Å². The van der Waals surface area contributed by atoms with Crippen LogP contribution in [0.1, 0.15) is 5.56 Å². The number of benzene rings is 2. The Morgan fingerprint density at radius 1 is 1.04 bits per heavy atom. The number of aliphatic imine (C=N–C) groups is 1. The highest BCUT2D eigenvalue weighted by Gasteiger charge is 2.13. The maximum atomic E-state index is 12.4. The highest BCUT2D eigenvalue weighted by Crippen LogP contribution is 2.22. The summed E-state index contributed by atoms with van der Waals surface area (Å²) in [5.41, 5.74) is 1.70. The van der Waals surface area contributed by atoms with E-state index in [-0.39, 0.29) is 4.90 Å². The molecule has 3 rings (SSSR count). The summed E-state index contributed by atoms with van der Waals surface area (Å²) in [6.07, 6.45) is 4.60. The number of rotatable bonds is 5. The third-order valence-electron chi connectivity index (χ3n) is 3.38. The van der Waals surface area contributed by atoms with Crippen LogP contribution in [-0.4, -0.2) is 19.6 Å². The van der Waals surface area contributed by atoms with Crippen LogP contribution in [0.4, 0.5) is 11.4 Å². The molecule has 0 unspecified atom stereocenters. The summed E-state index contributed by atoms with van der Waals surface area (Å²) in [5, 5.41) is 1.03. The summed E-state index contributed by atoms with van der Waals surface area (Å²) < 4.78 is 27.2. The summed E-state index contributed by atoms with van der Waals surface area (Å²) >= 11 is 11.9. The molecule has 0 saturated heterocycles. The summed E-state index contributed by atoms with van der Waals surface area (Å²) in [4.78, 5) is 8.30. The van der Waals surface area contributed by atoms with Gasteiger partial charge in [-0.3, -0.25) is 14.7 Å². The Bertz CT molecular complexity index is 1040. The molecular formula is C18H13Cl2N3O2S. The molecule has 2 aromatic carbocycles. The van der Waals surface area contributed by atoms with Gasteiger partial charge in [0.2, 0.25) is 0 Å². The summed E-state index contributed by atoms with van der Waals surface area (Å²) in [5.74, 6) is 0. The number of pyridine rings is 1. The van der Waals surface area contributed by atoms with E-state index in [1.807, 2.05) is 0 Å². The van der Waals surface area contributed by atoms with Gasteiger partial charge in [0.05, 0.1) is 27.5 Å². The quantitative estimate of drug-likeness (QED) is 0.610. The molecule has 1 aromatic heterocycles. The summed E-state index contributed by atoms with van der Waals surface area (Å²) in [6.45, 7) is 0. The predicted octanol–water partition coefficient (Wildman–Crippen LogP) is 4.94. The largest absolute Gasteiger partial charge is 0.278 e. The molecule has 0 aliphatic carbocycles. The first-order valence-corrected chi connectivity index (χ1v) is 9.70. The van der Waals surface area contributed by atoms with Crippen molar-refractivity contribution in [2.24, 2.45) is 4.99 Å². The predicted molar refractivity (Wildman–Crippen MR) is 105 cm³/mol. The second-order valence-electron chi connectivity index (χ2n) is 5.27. The lowest BCUT2D eigenvalue weighted by atomic mass is 10.2. The van der Waals surface area contributed by atoms with Gasteiger partial charge in [-0.05, 0) is 48.5 Å². The fourth-order valence-corrected chi connectivity index (χ4v) is 3.60. The Kier molecular flexibility index (Phi) is 5.56. The third kappa shape index (κ3) is 4.60. The zero-order chi connectivity index (χ0) is 18.6. The lowest BCUT2D eigenvalue weighted by molar-refractivity contribution is 0.601. The number of aromatic nitrogens is 1. The number of nitrogens with one attached hydrogen (secondary N) is 1. The molecule has 0 fully saturated rings. The molecule has 132 valence electrons. The van der Waals surface area contributed by atoms with Crippen molar-refractivity contribution >= 4 is 50.8 Å². The molecule has 8 heteroatoms. The van der Waals surface area contributed by atoms with Crippen LogP contribution in [0.3, 0.4) is 0 Å². The number of halogens is 2. The second-order valence-corrected chi connectivity index (χ2v) is 7.79. The zero-order valence-electron chi connectivity index (χ0n) is 13.3. The van der Waals surface area contributed by atoms with E-state index >= 15 is 0 Å². The maximum absolute atomic E-state index is 12.4. The standard InChI is InChI=1S/C18H13Cl2N3O2S/c19-14-4-3-13(18(20)10-14)11-22-15-5-7-17(8-6-15)26(24,25)23-16-2-1-9-21-12-16/h1-12,23H. The first-order chi connectivity index (χ1) is 12.4. The van der Waals surface area contributed by atoms with Crippen LogP contribution in [0, 0.1) is 0 Å². The number of hydrogen-bond donors (Lipinski definition) is 1. The average Bonchev–Trinajstić information content (AvgIpc) is 2.62. The van der Waals surface area contributed by atoms with Gasteiger partial charge in [-0.1, -0.05) is 29.3 Å². The minimum Gasteiger partial charge on any atom is -0.278 e. The molecule has 0 aliphatic rings. The molecule has 3 aromatic rings. The molecule has 0 saturated carbocycles. The molecule has 26 heavy (non-hydrogen) atoms. The van der Waals surface area contributed by atoms with E-state index in [2.05, 4.69) is 14.7 Å². The zero-order valence-corrected chi connectivity index (χ0v) is 15.6. The van der Waals surface area contributed by atoms with Crippen LogP contribution < -0.4 is 4.72 Å². The van der Waals surface area contributed by atoms with Crippen LogP contribution in [0.15, 0.2) is 76.9 Å². The van der Waals surface area contributed by atoms with Gasteiger partial charge in [0.1, 0.15) is 0 Å². The topological polar surface area (TPSA) is 71.4 Å². The van der Waals surface area contributed by atoms with Crippen LogP contribution in [0.5, 0.6) is 0 Å². The number of hydrogen-bond acceptors (Lipinski definition) is 4. The number of sulfonamides is 1. The minimum absolute atomic E-state index is 0.129. The maximum Gasteiger partial charge on any atom is 0.261 e. The molecular weight excluding hydrogens is 393 g/mol. The Balaban J connectivity index is 1.76. The van der Waals surface area contributed by atoms with E-state index in [9.17, 15) is 8.42 Å². The molecule has 0 bridgehead atoms. The van der Waals surface area contributed by atoms with Gasteiger partial charge in [0.25, 0.3) is 10.0 Å². The molecule has 0 radical (unpaired) electrons. The average molecular weight is 406 g/mol. The fraction of sp³-hybridized carbons (Fsp3) is 0. The van der Waals surface area contributed by atoms with Crippen LogP contribution in [0.2, 0.25) is 10.0 Å². The molecule has 0 aliphatic heterocycles. The van der Waals surface area contributed by atoms with Gasteiger partial charge in [-0.15, -0.1) is 0 Å². The van der Waals surface area contributed by atoms with Crippen LogP contribution >= 0.6 is 23.2 Å². The molecule has 1 N–H and O–H groups in total. The normalized spacial score (nSPS) is 11.6. The van der Waals surface area contributed by atoms with Gasteiger partial charge >= 0.3 is 0 Å². The van der Waals surface area contributed by atoms with Crippen molar-refractivity contribution in [1.82, 2.24) is 4.98 Å². The second kappa shape index (κ2) is 7.86. The van der Waals surface area contributed by atoms with E-state index in [1.54, 1.807) is 54.9 Å². The Labute approximate surface area is 161 Å². The van der Waals surface area contributed by atoms with E-state index in [0.717, 1.165) is 0 Å². The fourth-order valence-electron chi connectivity index (χ4n) is 2.10. The van der Waals surface area contributed by atoms with E-state index in [0.29, 0.717) is 27.0 Å². The van der Waals surface area contributed by atoms with Gasteiger partial charge in [-0.25, -0.2) is 8.42 Å². The van der Waals surface area contributed by atoms with Gasteiger partial charge < -0.3 is 0 Å². The highest BCUT2D eigenvalue weighted by atomic mass is 35.5. The van der Waals surface area contributed by atoms with E-state index in [4.69, 9.17) is 23.2 Å². The third-order valence-corrected chi connectivity index (χ3v) is 5.34. The lowest BCUT2D eigenvalue weighted by Gasteiger charge is -2.07. The highest BCUT2D eigenvalue weighted by molar-refractivity contribution is 7.92. The Morgan fingerprint density at radius 2 is 1.81 bits per heavy atom. The SMILES string of the molecule is O=S(=O)(Nc1cccnc1)c1ccc(N=Cc2ccc(Cl)cc2Cl)cc1. The van der Waals surface area contributed by atoms with Crippen molar-refractivity contribution in [2.75, 3.05) is 4.72 Å². The molecule has 0 atom stereocenters. The van der Waals surface area contributed by atoms with E-state index in [1.165, 1.54) is 18.3 Å². The van der Waals surface area contributed by atoms with Crippen molar-refractivity contribution < 1.29 is 8.42 Å². The van der Waals surface area contributed by atoms with Gasteiger partial charge in [0, 0.05) is 23.0 Å². The van der Waals surface area contributed by atoms with Crippen molar-refractivity contribution in [3.8, 4) is 0 Å². The minimum atomic E-state index is -3.69. The number of nitrogens with zero attached hydrogens (tertiary/aromatic N) is 2. The van der Waals surface area contributed by atoms with Crippen molar-refractivity contribution in [2.45, 2.75) is 4.90 Å². The first-order valence-electron chi connectivity index (χ1n) is 7.46. The monoisotopic (exact) mass is 405 g/mol. The smallest absolute Gasteiger partial charge is 0.261 e. The molecule has 1 heterocycles.